The summed E-state index contributed by atoms with van der Waals surface area (Å²) in [5.41, 5.74) is 4.98. The topological polar surface area (TPSA) is 73.2 Å². The van der Waals surface area contributed by atoms with Crippen molar-refractivity contribution in [3.63, 3.8) is 0 Å². The lowest BCUT2D eigenvalue weighted by atomic mass is 10.1. The number of halogens is 1. The van der Waals surface area contributed by atoms with Gasteiger partial charge in [0.2, 0.25) is 5.91 Å². The number of ether oxygens (including phenoxy) is 1. The first-order valence-corrected chi connectivity index (χ1v) is 11.3. The lowest BCUT2D eigenvalue weighted by molar-refractivity contribution is -0.131. The number of aryl methyl sites for hydroxylation is 2. The lowest BCUT2D eigenvalue weighted by Crippen LogP contribution is -2.23. The predicted octanol–water partition coefficient (Wildman–Crippen LogP) is 5.16. The van der Waals surface area contributed by atoms with Crippen LogP contribution in [-0.2, 0) is 22.6 Å². The molecule has 4 rings (SSSR count). The average molecular weight is 472 g/mol. The Kier molecular flexibility index (Phi) is 7.35. The Morgan fingerprint density at radius 2 is 1.77 bits per heavy atom. The zero-order chi connectivity index (χ0) is 24.8. The van der Waals surface area contributed by atoms with E-state index < -0.39 is 5.97 Å². The van der Waals surface area contributed by atoms with Crippen LogP contribution in [0.3, 0.4) is 0 Å². The summed E-state index contributed by atoms with van der Waals surface area (Å²) in [7, 11) is 0. The van der Waals surface area contributed by atoms with E-state index in [1.54, 1.807) is 35.0 Å². The SMILES string of the molecule is CC(=O)Oc1ccc(-n2nc(CCC(=O)NCc3cccc(C)c3)cc2-c2cccc(F)c2)cc1. The molecule has 3 aromatic carbocycles. The number of aromatic nitrogens is 2. The van der Waals surface area contributed by atoms with E-state index in [1.807, 2.05) is 43.3 Å². The quantitative estimate of drug-likeness (QED) is 0.285. The van der Waals surface area contributed by atoms with Gasteiger partial charge in [0, 0.05) is 31.9 Å². The molecule has 0 fully saturated rings. The van der Waals surface area contributed by atoms with Gasteiger partial charge in [0.05, 0.1) is 17.1 Å². The third-order valence-corrected chi connectivity index (χ3v) is 5.40. The molecule has 1 heterocycles. The summed E-state index contributed by atoms with van der Waals surface area (Å²) in [4.78, 5) is 23.6. The molecule has 4 aromatic rings. The summed E-state index contributed by atoms with van der Waals surface area (Å²) in [6.07, 6.45) is 0.706. The minimum Gasteiger partial charge on any atom is -0.427 e. The van der Waals surface area contributed by atoms with E-state index in [0.29, 0.717) is 35.7 Å². The molecule has 0 saturated carbocycles. The summed E-state index contributed by atoms with van der Waals surface area (Å²) in [6.45, 7) is 3.83. The van der Waals surface area contributed by atoms with Gasteiger partial charge in [-0.25, -0.2) is 9.07 Å². The van der Waals surface area contributed by atoms with Crippen molar-refractivity contribution in [3.8, 4) is 22.7 Å². The van der Waals surface area contributed by atoms with Gasteiger partial charge in [-0.3, -0.25) is 9.59 Å². The number of rotatable bonds is 8. The van der Waals surface area contributed by atoms with Gasteiger partial charge in [0.1, 0.15) is 11.6 Å². The molecular weight excluding hydrogens is 445 g/mol. The van der Waals surface area contributed by atoms with Gasteiger partial charge < -0.3 is 10.1 Å². The van der Waals surface area contributed by atoms with E-state index in [0.717, 1.165) is 16.8 Å². The smallest absolute Gasteiger partial charge is 0.308 e. The second-order valence-corrected chi connectivity index (χ2v) is 8.30. The Bertz CT molecular complexity index is 1350. The third kappa shape index (κ3) is 6.41. The fraction of sp³-hybridized carbons (Fsp3) is 0.179. The molecular formula is C28H26FN3O3. The first-order chi connectivity index (χ1) is 16.9. The molecule has 1 aromatic heterocycles. The van der Waals surface area contributed by atoms with Gasteiger partial charge in [0.25, 0.3) is 0 Å². The number of nitrogens with zero attached hydrogens (tertiary/aromatic N) is 2. The fourth-order valence-electron chi connectivity index (χ4n) is 3.78. The highest BCUT2D eigenvalue weighted by atomic mass is 19.1. The minimum atomic E-state index is -0.403. The molecule has 1 amide bonds. The van der Waals surface area contributed by atoms with Crippen LogP contribution in [0.25, 0.3) is 16.9 Å². The van der Waals surface area contributed by atoms with Crippen molar-refractivity contribution in [1.82, 2.24) is 15.1 Å². The maximum absolute atomic E-state index is 13.9. The molecule has 0 saturated heterocycles. The van der Waals surface area contributed by atoms with E-state index >= 15 is 0 Å². The second-order valence-electron chi connectivity index (χ2n) is 8.30. The van der Waals surface area contributed by atoms with Crippen LogP contribution < -0.4 is 10.1 Å². The molecule has 35 heavy (non-hydrogen) atoms. The van der Waals surface area contributed by atoms with Crippen molar-refractivity contribution in [3.05, 3.63) is 102 Å². The minimum absolute atomic E-state index is 0.0703. The van der Waals surface area contributed by atoms with E-state index in [1.165, 1.54) is 19.1 Å². The Morgan fingerprint density at radius 3 is 2.49 bits per heavy atom. The number of benzene rings is 3. The first kappa shape index (κ1) is 23.9. The second kappa shape index (κ2) is 10.8. The van der Waals surface area contributed by atoms with Gasteiger partial charge >= 0.3 is 5.97 Å². The van der Waals surface area contributed by atoms with Crippen LogP contribution in [0.5, 0.6) is 5.75 Å². The molecule has 0 radical (unpaired) electrons. The number of nitrogens with one attached hydrogen (secondary N) is 1. The van der Waals surface area contributed by atoms with Gasteiger partial charge in [0.15, 0.2) is 0 Å². The standard InChI is InChI=1S/C28H26FN3O3/c1-19-5-3-6-21(15-19)18-30-28(34)14-9-24-17-27(22-7-4-8-23(29)16-22)32(31-24)25-10-12-26(13-11-25)35-20(2)33/h3-8,10-13,15-17H,9,14,18H2,1-2H3,(H,30,34). The van der Waals surface area contributed by atoms with Crippen LogP contribution in [-0.4, -0.2) is 21.7 Å². The van der Waals surface area contributed by atoms with Crippen LogP contribution in [0, 0.1) is 12.7 Å². The highest BCUT2D eigenvalue weighted by Crippen LogP contribution is 2.26. The number of amides is 1. The normalized spacial score (nSPS) is 10.7. The molecule has 0 unspecified atom stereocenters. The largest absolute Gasteiger partial charge is 0.427 e. The van der Waals surface area contributed by atoms with Crippen molar-refractivity contribution in [2.24, 2.45) is 0 Å². The summed E-state index contributed by atoms with van der Waals surface area (Å²) >= 11 is 0. The van der Waals surface area contributed by atoms with Crippen LogP contribution >= 0.6 is 0 Å². The Labute approximate surface area is 203 Å². The van der Waals surface area contributed by atoms with E-state index in [9.17, 15) is 14.0 Å². The number of carbonyl (C=O) groups is 2. The maximum Gasteiger partial charge on any atom is 0.308 e. The van der Waals surface area contributed by atoms with Gasteiger partial charge in [-0.1, -0.05) is 42.0 Å². The zero-order valence-electron chi connectivity index (χ0n) is 19.6. The van der Waals surface area contributed by atoms with E-state index in [2.05, 4.69) is 10.4 Å². The summed E-state index contributed by atoms with van der Waals surface area (Å²) in [5, 5.41) is 7.63. The van der Waals surface area contributed by atoms with Crippen molar-refractivity contribution in [2.45, 2.75) is 33.2 Å². The van der Waals surface area contributed by atoms with Crippen LogP contribution in [0.4, 0.5) is 4.39 Å². The summed E-state index contributed by atoms with van der Waals surface area (Å²) < 4.78 is 20.7. The lowest BCUT2D eigenvalue weighted by Gasteiger charge is -2.09. The van der Waals surface area contributed by atoms with E-state index in [4.69, 9.17) is 4.74 Å². The number of hydrogen-bond donors (Lipinski definition) is 1. The van der Waals surface area contributed by atoms with Crippen LogP contribution in [0.15, 0.2) is 78.9 Å². The molecule has 0 aliphatic rings. The highest BCUT2D eigenvalue weighted by Gasteiger charge is 2.14. The number of hydrogen-bond acceptors (Lipinski definition) is 4. The molecule has 0 aliphatic heterocycles. The fourth-order valence-corrected chi connectivity index (χ4v) is 3.78. The summed E-state index contributed by atoms with van der Waals surface area (Å²) in [5.74, 6) is -0.400. The van der Waals surface area contributed by atoms with Crippen LogP contribution in [0.1, 0.15) is 30.2 Å². The number of esters is 1. The maximum atomic E-state index is 13.9. The molecule has 0 atom stereocenters. The van der Waals surface area contributed by atoms with Crippen molar-refractivity contribution in [2.75, 3.05) is 0 Å². The molecule has 178 valence electrons. The molecule has 6 nitrogen and oxygen atoms in total. The van der Waals surface area contributed by atoms with Gasteiger partial charge in [-0.15, -0.1) is 0 Å². The molecule has 0 aliphatic carbocycles. The number of carbonyl (C=O) groups excluding carboxylic acids is 2. The zero-order valence-corrected chi connectivity index (χ0v) is 19.6. The predicted molar refractivity (Wildman–Crippen MR) is 132 cm³/mol. The Balaban J connectivity index is 1.52. The highest BCUT2D eigenvalue weighted by molar-refractivity contribution is 5.76. The van der Waals surface area contributed by atoms with E-state index in [-0.39, 0.29) is 18.1 Å². The van der Waals surface area contributed by atoms with Gasteiger partial charge in [-0.2, -0.15) is 5.10 Å². The Hall–Kier alpha value is -4.26. The molecule has 0 bridgehead atoms. The third-order valence-electron chi connectivity index (χ3n) is 5.40. The first-order valence-electron chi connectivity index (χ1n) is 11.3. The van der Waals surface area contributed by atoms with Crippen molar-refractivity contribution >= 4 is 11.9 Å². The monoisotopic (exact) mass is 471 g/mol. The van der Waals surface area contributed by atoms with Crippen molar-refractivity contribution in [1.29, 1.82) is 0 Å². The average Bonchev–Trinajstić information content (AvgIpc) is 3.26. The Morgan fingerprint density at radius 1 is 1.00 bits per heavy atom. The van der Waals surface area contributed by atoms with Crippen LogP contribution in [0.2, 0.25) is 0 Å². The summed E-state index contributed by atoms with van der Waals surface area (Å²) in [6, 6.07) is 23.0. The molecule has 0 spiro atoms. The molecule has 1 N–H and O–H groups in total. The molecule has 7 heteroatoms. The van der Waals surface area contributed by atoms with Gasteiger partial charge in [-0.05, 0) is 55.0 Å². The van der Waals surface area contributed by atoms with Crippen molar-refractivity contribution < 1.29 is 18.7 Å².